The molecule has 9 nitrogen and oxygen atoms in total. The number of anilines is 2. The van der Waals surface area contributed by atoms with Crippen molar-refractivity contribution in [3.63, 3.8) is 0 Å². The molecule has 0 atom stereocenters. The molecular formula is C20H20N2O7S3. The number of sulfone groups is 1. The molecule has 0 amide bonds. The topological polar surface area (TPSA) is 161 Å². The molecule has 3 rings (SSSR count). The molecule has 0 unspecified atom stereocenters. The van der Waals surface area contributed by atoms with Gasteiger partial charge in [-0.3, -0.25) is 9.27 Å². The van der Waals surface area contributed by atoms with Crippen LogP contribution in [0.1, 0.15) is 11.1 Å². The van der Waals surface area contributed by atoms with E-state index in [9.17, 15) is 29.8 Å². The van der Waals surface area contributed by atoms with E-state index < -0.39 is 44.7 Å². The van der Waals surface area contributed by atoms with Gasteiger partial charge in [0.15, 0.2) is 0 Å². The predicted molar refractivity (Wildman–Crippen MR) is 119 cm³/mol. The van der Waals surface area contributed by atoms with Gasteiger partial charge in [0.25, 0.3) is 20.1 Å². The molecule has 170 valence electrons. The number of rotatable bonds is 6. The molecule has 0 aromatic heterocycles. The second-order valence-corrected chi connectivity index (χ2v) is 12.1. The molecule has 0 aliphatic rings. The summed E-state index contributed by atoms with van der Waals surface area (Å²) in [5.74, 6) is 0. The van der Waals surface area contributed by atoms with Crippen LogP contribution in [0.3, 0.4) is 0 Å². The SMILES string of the molecule is Cc1ccc(S(=O)(=O)Nc2ccc(N)c(S(=O)(=O)c3ccc(C)c(S(=O)(=O)O)c3)c2)cc1. The van der Waals surface area contributed by atoms with Crippen LogP contribution in [0.5, 0.6) is 0 Å². The van der Waals surface area contributed by atoms with E-state index in [2.05, 4.69) is 4.72 Å². The van der Waals surface area contributed by atoms with E-state index >= 15 is 0 Å². The van der Waals surface area contributed by atoms with Crippen molar-refractivity contribution in [1.82, 2.24) is 0 Å². The van der Waals surface area contributed by atoms with Gasteiger partial charge in [0.05, 0.1) is 31.0 Å². The Balaban J connectivity index is 2.06. The van der Waals surface area contributed by atoms with Crippen LogP contribution in [0.25, 0.3) is 0 Å². The van der Waals surface area contributed by atoms with Gasteiger partial charge in [-0.05, 0) is 61.9 Å². The van der Waals surface area contributed by atoms with E-state index in [4.69, 9.17) is 5.73 Å². The van der Waals surface area contributed by atoms with Crippen molar-refractivity contribution < 1.29 is 29.8 Å². The summed E-state index contributed by atoms with van der Waals surface area (Å²) < 4.78 is 86.3. The maximum absolute atomic E-state index is 13.1. The van der Waals surface area contributed by atoms with Gasteiger partial charge in [-0.15, -0.1) is 0 Å². The number of nitrogen functional groups attached to an aromatic ring is 1. The zero-order valence-electron chi connectivity index (χ0n) is 17.0. The molecular weight excluding hydrogens is 476 g/mol. The summed E-state index contributed by atoms with van der Waals surface area (Å²) in [6, 6.07) is 12.9. The lowest BCUT2D eigenvalue weighted by Gasteiger charge is -2.13. The number of hydrogen-bond donors (Lipinski definition) is 3. The summed E-state index contributed by atoms with van der Waals surface area (Å²) in [6.07, 6.45) is 0. The molecule has 0 bridgehead atoms. The number of sulfonamides is 1. The predicted octanol–water partition coefficient (Wildman–Crippen LogP) is 2.77. The van der Waals surface area contributed by atoms with Crippen LogP contribution >= 0.6 is 0 Å². The zero-order chi connectivity index (χ0) is 23.9. The minimum Gasteiger partial charge on any atom is -0.398 e. The average Bonchev–Trinajstić information content (AvgIpc) is 2.68. The van der Waals surface area contributed by atoms with Gasteiger partial charge < -0.3 is 5.73 Å². The van der Waals surface area contributed by atoms with Crippen LogP contribution in [0, 0.1) is 13.8 Å². The van der Waals surface area contributed by atoms with E-state index in [0.29, 0.717) is 0 Å². The molecule has 0 aliphatic carbocycles. The molecule has 0 saturated heterocycles. The van der Waals surface area contributed by atoms with Gasteiger partial charge in [0.1, 0.15) is 0 Å². The van der Waals surface area contributed by atoms with Crippen LogP contribution in [0.15, 0.2) is 80.2 Å². The number of nitrogens with one attached hydrogen (secondary N) is 1. The van der Waals surface area contributed by atoms with Crippen molar-refractivity contribution in [2.45, 2.75) is 33.4 Å². The van der Waals surface area contributed by atoms with E-state index in [-0.39, 0.29) is 21.8 Å². The summed E-state index contributed by atoms with van der Waals surface area (Å²) in [6.45, 7) is 3.20. The van der Waals surface area contributed by atoms with E-state index in [1.165, 1.54) is 43.3 Å². The molecule has 0 saturated carbocycles. The molecule has 3 aromatic carbocycles. The fourth-order valence-electron chi connectivity index (χ4n) is 2.91. The van der Waals surface area contributed by atoms with Crippen LogP contribution in [0.2, 0.25) is 0 Å². The highest BCUT2D eigenvalue weighted by atomic mass is 32.2. The van der Waals surface area contributed by atoms with Crippen LogP contribution in [0.4, 0.5) is 11.4 Å². The van der Waals surface area contributed by atoms with Crippen molar-refractivity contribution in [1.29, 1.82) is 0 Å². The van der Waals surface area contributed by atoms with E-state index in [1.54, 1.807) is 19.1 Å². The molecule has 32 heavy (non-hydrogen) atoms. The summed E-state index contributed by atoms with van der Waals surface area (Å²) >= 11 is 0. The molecule has 4 N–H and O–H groups in total. The lowest BCUT2D eigenvalue weighted by Crippen LogP contribution is -2.14. The minimum atomic E-state index is -4.66. The zero-order valence-corrected chi connectivity index (χ0v) is 19.4. The second-order valence-electron chi connectivity index (χ2n) is 7.08. The third-order valence-corrected chi connectivity index (χ3v) is 8.83. The van der Waals surface area contributed by atoms with Crippen LogP contribution in [-0.2, 0) is 30.0 Å². The third kappa shape index (κ3) is 4.78. The quantitative estimate of drug-likeness (QED) is 0.347. The molecule has 3 aromatic rings. The largest absolute Gasteiger partial charge is 0.398 e. The smallest absolute Gasteiger partial charge is 0.294 e. The standard InChI is InChI=1S/C20H20N2O7S3/c1-13-3-7-16(8-4-13)31(25,26)22-15-6-10-18(21)20(11-15)30(23,24)17-9-5-14(2)19(12-17)32(27,28)29/h3-12,22H,21H2,1-2H3,(H,27,28,29). The van der Waals surface area contributed by atoms with Crippen LogP contribution in [-0.4, -0.2) is 29.8 Å². The normalized spacial score (nSPS) is 12.5. The van der Waals surface area contributed by atoms with Crippen LogP contribution < -0.4 is 10.5 Å². The monoisotopic (exact) mass is 496 g/mol. The summed E-state index contributed by atoms with van der Waals surface area (Å²) in [7, 11) is -13.0. The molecule has 0 spiro atoms. The molecule has 0 fully saturated rings. The van der Waals surface area contributed by atoms with Crippen molar-refractivity contribution >= 4 is 41.4 Å². The van der Waals surface area contributed by atoms with Gasteiger partial charge in [-0.2, -0.15) is 8.42 Å². The summed E-state index contributed by atoms with van der Waals surface area (Å²) in [5, 5.41) is 0. The fourth-order valence-corrected chi connectivity index (χ4v) is 6.22. The van der Waals surface area contributed by atoms with Gasteiger partial charge in [0, 0.05) is 0 Å². The van der Waals surface area contributed by atoms with E-state index in [0.717, 1.165) is 17.7 Å². The minimum absolute atomic E-state index is 0.0133. The first-order valence-corrected chi connectivity index (χ1v) is 13.4. The number of benzene rings is 3. The highest BCUT2D eigenvalue weighted by molar-refractivity contribution is 7.93. The number of hydrogen-bond acceptors (Lipinski definition) is 7. The molecule has 0 radical (unpaired) electrons. The first kappa shape index (κ1) is 23.7. The van der Waals surface area contributed by atoms with E-state index in [1.807, 2.05) is 0 Å². The van der Waals surface area contributed by atoms with Crippen molar-refractivity contribution in [3.05, 3.63) is 71.8 Å². The Morgan fingerprint density at radius 1 is 0.750 bits per heavy atom. The van der Waals surface area contributed by atoms with Gasteiger partial charge in [0.2, 0.25) is 9.84 Å². The average molecular weight is 497 g/mol. The first-order valence-electron chi connectivity index (χ1n) is 9.04. The Bertz CT molecular complexity index is 1510. The third-order valence-electron chi connectivity index (χ3n) is 4.63. The summed E-state index contributed by atoms with van der Waals surface area (Å²) in [4.78, 5) is -1.43. The number of aryl methyl sites for hydroxylation is 2. The Labute approximate surface area is 186 Å². The highest BCUT2D eigenvalue weighted by Crippen LogP contribution is 2.31. The maximum atomic E-state index is 13.1. The Morgan fingerprint density at radius 2 is 1.34 bits per heavy atom. The maximum Gasteiger partial charge on any atom is 0.294 e. The van der Waals surface area contributed by atoms with Crippen molar-refractivity contribution in [3.8, 4) is 0 Å². The molecule has 0 aliphatic heterocycles. The second kappa shape index (κ2) is 8.20. The highest BCUT2D eigenvalue weighted by Gasteiger charge is 2.25. The first-order chi connectivity index (χ1) is 14.7. The fraction of sp³-hybridized carbons (Fsp3) is 0.100. The molecule has 0 heterocycles. The molecule has 12 heteroatoms. The van der Waals surface area contributed by atoms with Gasteiger partial charge in [-0.1, -0.05) is 23.8 Å². The van der Waals surface area contributed by atoms with Crippen molar-refractivity contribution in [2.75, 3.05) is 10.5 Å². The Kier molecular flexibility index (Phi) is 6.08. The summed E-state index contributed by atoms with van der Waals surface area (Å²) in [5.41, 5.74) is 6.63. The lowest BCUT2D eigenvalue weighted by atomic mass is 10.2. The van der Waals surface area contributed by atoms with Gasteiger partial charge >= 0.3 is 0 Å². The van der Waals surface area contributed by atoms with Gasteiger partial charge in [-0.25, -0.2) is 16.8 Å². The lowest BCUT2D eigenvalue weighted by molar-refractivity contribution is 0.482. The Morgan fingerprint density at radius 3 is 1.94 bits per heavy atom. The Hall–Kier alpha value is -2.93. The van der Waals surface area contributed by atoms with Crippen molar-refractivity contribution in [2.24, 2.45) is 0 Å². The number of nitrogens with two attached hydrogens (primary N) is 1.